The van der Waals surface area contributed by atoms with Crippen molar-refractivity contribution in [2.45, 2.75) is 12.8 Å². The summed E-state index contributed by atoms with van der Waals surface area (Å²) in [5, 5.41) is 10.3. The predicted molar refractivity (Wildman–Crippen MR) is 97.4 cm³/mol. The first-order valence-corrected chi connectivity index (χ1v) is 8.44. The Balaban J connectivity index is 1.78. The molecule has 0 spiro atoms. The Hall–Kier alpha value is -2.91. The van der Waals surface area contributed by atoms with Gasteiger partial charge in [0.25, 0.3) is 0 Å². The van der Waals surface area contributed by atoms with Crippen molar-refractivity contribution in [1.82, 2.24) is 9.97 Å². The molecular weight excluding hydrogens is 382 g/mol. The summed E-state index contributed by atoms with van der Waals surface area (Å²) in [7, 11) is 0. The molecule has 122 valence electrons. The SMILES string of the molecule is Cc1cc(Br)c2oc(C(=O)C(C#N)c3nc4ccccc4[nH]3)cc2c1. The number of rotatable bonds is 3. The lowest BCUT2D eigenvalue weighted by atomic mass is 10.0. The van der Waals surface area contributed by atoms with Gasteiger partial charge in [-0.05, 0) is 58.7 Å². The summed E-state index contributed by atoms with van der Waals surface area (Å²) in [6, 6.07) is 15.0. The second-order valence-electron chi connectivity index (χ2n) is 5.84. The number of aromatic nitrogens is 2. The van der Waals surface area contributed by atoms with E-state index in [0.29, 0.717) is 16.9 Å². The van der Waals surface area contributed by atoms with Crippen molar-refractivity contribution in [3.05, 3.63) is 64.1 Å². The molecule has 0 amide bonds. The number of H-pyrrole nitrogens is 1. The van der Waals surface area contributed by atoms with Crippen LogP contribution < -0.4 is 0 Å². The molecule has 2 heterocycles. The van der Waals surface area contributed by atoms with Crippen LogP contribution in [0.25, 0.3) is 22.0 Å². The molecule has 0 aliphatic carbocycles. The van der Waals surface area contributed by atoms with E-state index in [2.05, 4.69) is 25.9 Å². The van der Waals surface area contributed by atoms with Gasteiger partial charge in [0.1, 0.15) is 11.4 Å². The van der Waals surface area contributed by atoms with Crippen LogP contribution in [0.2, 0.25) is 0 Å². The number of nitrogens with zero attached hydrogens (tertiary/aromatic N) is 2. The van der Waals surface area contributed by atoms with Crippen LogP contribution in [0.1, 0.15) is 27.9 Å². The lowest BCUT2D eigenvalue weighted by Gasteiger charge is -2.02. The molecule has 0 saturated carbocycles. The number of aryl methyl sites for hydroxylation is 1. The molecule has 2 aromatic carbocycles. The van der Waals surface area contributed by atoms with E-state index in [4.69, 9.17) is 4.42 Å². The normalized spacial score (nSPS) is 12.4. The van der Waals surface area contributed by atoms with Crippen LogP contribution in [-0.4, -0.2) is 15.8 Å². The summed E-state index contributed by atoms with van der Waals surface area (Å²) in [6.07, 6.45) is 0. The van der Waals surface area contributed by atoms with Gasteiger partial charge in [0.15, 0.2) is 11.7 Å². The molecule has 6 heteroatoms. The average Bonchev–Trinajstić information content (AvgIpc) is 3.19. The zero-order valence-corrected chi connectivity index (χ0v) is 14.8. The lowest BCUT2D eigenvalue weighted by molar-refractivity contribution is 0.0951. The first kappa shape index (κ1) is 15.6. The molecule has 0 saturated heterocycles. The van der Waals surface area contributed by atoms with Gasteiger partial charge in [-0.3, -0.25) is 4.79 Å². The molecule has 4 rings (SSSR count). The summed E-state index contributed by atoms with van der Waals surface area (Å²) in [4.78, 5) is 20.2. The number of ketones is 1. The van der Waals surface area contributed by atoms with Gasteiger partial charge in [0.05, 0.1) is 21.6 Å². The van der Waals surface area contributed by atoms with Gasteiger partial charge in [-0.15, -0.1) is 0 Å². The molecule has 0 aliphatic heterocycles. The second kappa shape index (κ2) is 5.87. The van der Waals surface area contributed by atoms with Crippen molar-refractivity contribution in [3.8, 4) is 6.07 Å². The number of Topliss-reactive ketones (excluding diaryl/α,β-unsaturated/α-hetero) is 1. The predicted octanol–water partition coefficient (Wildman–Crippen LogP) is 4.87. The third kappa shape index (κ3) is 2.63. The van der Waals surface area contributed by atoms with Crippen molar-refractivity contribution in [1.29, 1.82) is 5.26 Å². The zero-order chi connectivity index (χ0) is 17.6. The number of para-hydroxylation sites is 2. The fourth-order valence-electron chi connectivity index (χ4n) is 2.87. The van der Waals surface area contributed by atoms with Crippen LogP contribution in [0.4, 0.5) is 0 Å². The van der Waals surface area contributed by atoms with Gasteiger partial charge in [-0.2, -0.15) is 5.26 Å². The Morgan fingerprint density at radius 2 is 2.12 bits per heavy atom. The quantitative estimate of drug-likeness (QED) is 0.503. The number of benzene rings is 2. The van der Waals surface area contributed by atoms with Crippen molar-refractivity contribution in [2.75, 3.05) is 0 Å². The topological polar surface area (TPSA) is 82.7 Å². The van der Waals surface area contributed by atoms with E-state index in [9.17, 15) is 10.1 Å². The Labute approximate surface area is 151 Å². The van der Waals surface area contributed by atoms with Crippen molar-refractivity contribution < 1.29 is 9.21 Å². The molecule has 1 unspecified atom stereocenters. The van der Waals surface area contributed by atoms with Crippen LogP contribution in [0.15, 0.2) is 51.4 Å². The highest BCUT2D eigenvalue weighted by Crippen LogP contribution is 2.31. The van der Waals surface area contributed by atoms with E-state index in [1.165, 1.54) is 0 Å². The van der Waals surface area contributed by atoms with E-state index in [0.717, 1.165) is 20.9 Å². The molecule has 0 bridgehead atoms. The largest absolute Gasteiger partial charge is 0.452 e. The number of nitriles is 1. The standard InChI is InChI=1S/C19H12BrN3O2/c1-10-6-11-8-16(25-18(11)13(20)7-10)17(24)12(9-21)19-22-14-4-2-3-5-15(14)23-19/h2-8,12H,1H3,(H,22,23). The summed E-state index contributed by atoms with van der Waals surface area (Å²) < 4.78 is 6.48. The van der Waals surface area contributed by atoms with Crippen LogP contribution >= 0.6 is 15.9 Å². The first-order chi connectivity index (χ1) is 12.1. The Morgan fingerprint density at radius 3 is 2.88 bits per heavy atom. The maximum Gasteiger partial charge on any atom is 0.222 e. The minimum absolute atomic E-state index is 0.147. The Morgan fingerprint density at radius 1 is 1.32 bits per heavy atom. The molecule has 1 N–H and O–H groups in total. The third-order valence-electron chi connectivity index (χ3n) is 4.03. The Kier molecular flexibility index (Phi) is 3.66. The summed E-state index contributed by atoms with van der Waals surface area (Å²) in [6.45, 7) is 1.96. The number of nitrogens with one attached hydrogen (secondary N) is 1. The second-order valence-corrected chi connectivity index (χ2v) is 6.70. The lowest BCUT2D eigenvalue weighted by Crippen LogP contribution is -2.12. The third-order valence-corrected chi connectivity index (χ3v) is 4.62. The maximum absolute atomic E-state index is 12.8. The molecule has 2 aromatic heterocycles. The number of hydrogen-bond acceptors (Lipinski definition) is 4. The number of halogens is 1. The Bertz CT molecular complexity index is 1130. The van der Waals surface area contributed by atoms with E-state index >= 15 is 0 Å². The molecule has 5 nitrogen and oxygen atoms in total. The van der Waals surface area contributed by atoms with Gasteiger partial charge in [-0.25, -0.2) is 4.98 Å². The van der Waals surface area contributed by atoms with Crippen molar-refractivity contribution in [2.24, 2.45) is 0 Å². The van der Waals surface area contributed by atoms with E-state index in [1.807, 2.05) is 49.4 Å². The van der Waals surface area contributed by atoms with Crippen molar-refractivity contribution in [3.63, 3.8) is 0 Å². The van der Waals surface area contributed by atoms with Gasteiger partial charge >= 0.3 is 0 Å². The van der Waals surface area contributed by atoms with Gasteiger partial charge in [0, 0.05) is 5.39 Å². The summed E-state index contributed by atoms with van der Waals surface area (Å²) in [5.41, 5.74) is 3.14. The number of hydrogen-bond donors (Lipinski definition) is 1. The van der Waals surface area contributed by atoms with Crippen molar-refractivity contribution >= 4 is 43.7 Å². The molecule has 25 heavy (non-hydrogen) atoms. The number of furan rings is 1. The molecule has 0 aliphatic rings. The highest BCUT2D eigenvalue weighted by Gasteiger charge is 2.28. The fraction of sp³-hybridized carbons (Fsp3) is 0.105. The van der Waals surface area contributed by atoms with Crippen LogP contribution in [0, 0.1) is 18.3 Å². The highest BCUT2D eigenvalue weighted by atomic mass is 79.9. The monoisotopic (exact) mass is 393 g/mol. The fourth-order valence-corrected chi connectivity index (χ4v) is 3.54. The van der Waals surface area contributed by atoms with Gasteiger partial charge in [0.2, 0.25) is 5.78 Å². The smallest absolute Gasteiger partial charge is 0.222 e. The van der Waals surface area contributed by atoms with Crippen LogP contribution in [0.5, 0.6) is 0 Å². The van der Waals surface area contributed by atoms with Crippen LogP contribution in [0.3, 0.4) is 0 Å². The minimum Gasteiger partial charge on any atom is -0.452 e. The average molecular weight is 394 g/mol. The number of aromatic amines is 1. The number of carbonyl (C=O) groups is 1. The number of carbonyl (C=O) groups excluding carboxylic acids is 1. The van der Waals surface area contributed by atoms with Crippen LogP contribution in [-0.2, 0) is 0 Å². The summed E-state index contributed by atoms with van der Waals surface area (Å²) in [5.74, 6) is -0.993. The maximum atomic E-state index is 12.8. The molecule has 1 atom stereocenters. The highest BCUT2D eigenvalue weighted by molar-refractivity contribution is 9.10. The van der Waals surface area contributed by atoms with Gasteiger partial charge < -0.3 is 9.40 Å². The zero-order valence-electron chi connectivity index (χ0n) is 13.2. The number of imidazole rings is 1. The number of fused-ring (bicyclic) bond motifs is 2. The molecule has 0 radical (unpaired) electrons. The minimum atomic E-state index is -1.05. The van der Waals surface area contributed by atoms with E-state index < -0.39 is 11.7 Å². The van der Waals surface area contributed by atoms with E-state index in [-0.39, 0.29) is 5.76 Å². The van der Waals surface area contributed by atoms with E-state index in [1.54, 1.807) is 6.07 Å². The molecule has 0 fully saturated rings. The summed E-state index contributed by atoms with van der Waals surface area (Å²) >= 11 is 3.44. The first-order valence-electron chi connectivity index (χ1n) is 7.65. The van der Waals surface area contributed by atoms with Gasteiger partial charge in [-0.1, -0.05) is 12.1 Å². The molecule has 4 aromatic rings. The molecular formula is C19H12BrN3O2.